The van der Waals surface area contributed by atoms with E-state index in [2.05, 4.69) is 20.6 Å². The first-order valence-corrected chi connectivity index (χ1v) is 9.59. The molecule has 0 aliphatic rings. The second-order valence-corrected chi connectivity index (χ2v) is 6.31. The summed E-state index contributed by atoms with van der Waals surface area (Å²) in [5.74, 6) is 1.53. The van der Waals surface area contributed by atoms with Gasteiger partial charge >= 0.3 is 6.03 Å². The van der Waals surface area contributed by atoms with Crippen LogP contribution in [0.15, 0.2) is 36.5 Å². The molecule has 1 atom stereocenters. The average molecular weight is 403 g/mol. The van der Waals surface area contributed by atoms with Crippen molar-refractivity contribution in [2.24, 2.45) is 0 Å². The third-order valence-corrected chi connectivity index (χ3v) is 3.88. The number of urea groups is 1. The second-order valence-electron chi connectivity index (χ2n) is 6.31. The average Bonchev–Trinajstić information content (AvgIpc) is 2.70. The summed E-state index contributed by atoms with van der Waals surface area (Å²) in [6.07, 6.45) is 2.06. The van der Waals surface area contributed by atoms with Crippen LogP contribution in [0, 0.1) is 0 Å². The first-order valence-electron chi connectivity index (χ1n) is 9.59. The summed E-state index contributed by atoms with van der Waals surface area (Å²) >= 11 is 0. The highest BCUT2D eigenvalue weighted by Gasteiger charge is 2.20. The lowest BCUT2D eigenvalue weighted by atomic mass is 10.2. The predicted molar refractivity (Wildman–Crippen MR) is 112 cm³/mol. The molecule has 158 valence electrons. The van der Waals surface area contributed by atoms with Crippen LogP contribution in [0.1, 0.15) is 20.3 Å². The van der Waals surface area contributed by atoms with E-state index in [0.29, 0.717) is 43.6 Å². The molecule has 1 heterocycles. The fourth-order valence-electron chi connectivity index (χ4n) is 2.62. The molecule has 0 saturated carbocycles. The number of anilines is 3. The first-order chi connectivity index (χ1) is 14.1. The van der Waals surface area contributed by atoms with Crippen molar-refractivity contribution in [3.05, 3.63) is 36.5 Å². The molecule has 0 radical (unpaired) electrons. The molecule has 9 heteroatoms. The smallest absolute Gasteiger partial charge is 0.327 e. The van der Waals surface area contributed by atoms with Gasteiger partial charge in [-0.2, -0.15) is 4.98 Å². The van der Waals surface area contributed by atoms with Crippen molar-refractivity contribution in [2.75, 3.05) is 43.7 Å². The Morgan fingerprint density at radius 1 is 1.28 bits per heavy atom. The molecule has 2 aromatic rings. The molecule has 2 rings (SSSR count). The number of carbonyl (C=O) groups excluding carboxylic acids is 1. The van der Waals surface area contributed by atoms with Gasteiger partial charge in [-0.15, -0.1) is 0 Å². The minimum Gasteiger partial charge on any atom is -0.494 e. The van der Waals surface area contributed by atoms with Gasteiger partial charge < -0.3 is 25.2 Å². The summed E-state index contributed by atoms with van der Waals surface area (Å²) in [4.78, 5) is 23.0. The molecule has 3 N–H and O–H groups in total. The van der Waals surface area contributed by atoms with Gasteiger partial charge in [0.2, 0.25) is 5.95 Å². The highest BCUT2D eigenvalue weighted by Crippen LogP contribution is 2.26. The molecule has 1 aromatic heterocycles. The van der Waals surface area contributed by atoms with Gasteiger partial charge in [-0.25, -0.2) is 14.7 Å². The van der Waals surface area contributed by atoms with Crippen LogP contribution in [0.3, 0.4) is 0 Å². The maximum absolute atomic E-state index is 12.9. The Hall–Kier alpha value is -2.91. The number of aliphatic hydroxyl groups excluding tert-OH is 1. The summed E-state index contributed by atoms with van der Waals surface area (Å²) in [6, 6.07) is 8.50. The minimum absolute atomic E-state index is 0.00228. The van der Waals surface area contributed by atoms with Crippen LogP contribution >= 0.6 is 0 Å². The van der Waals surface area contributed by atoms with Crippen molar-refractivity contribution in [3.8, 4) is 5.75 Å². The maximum Gasteiger partial charge on any atom is 0.327 e. The maximum atomic E-state index is 12.9. The first kappa shape index (κ1) is 22.4. The van der Waals surface area contributed by atoms with E-state index < -0.39 is 0 Å². The highest BCUT2D eigenvalue weighted by atomic mass is 16.5. The van der Waals surface area contributed by atoms with Gasteiger partial charge in [0.05, 0.1) is 18.9 Å². The van der Waals surface area contributed by atoms with Crippen LogP contribution < -0.4 is 20.3 Å². The van der Waals surface area contributed by atoms with Crippen molar-refractivity contribution < 1.29 is 19.4 Å². The molecule has 1 aromatic carbocycles. The van der Waals surface area contributed by atoms with E-state index in [1.54, 1.807) is 43.6 Å². The Morgan fingerprint density at radius 3 is 2.69 bits per heavy atom. The number of hydrogen-bond donors (Lipinski definition) is 3. The van der Waals surface area contributed by atoms with Crippen LogP contribution in [0.5, 0.6) is 5.75 Å². The quantitative estimate of drug-likeness (QED) is 0.495. The third kappa shape index (κ3) is 6.88. The fourth-order valence-corrected chi connectivity index (χ4v) is 2.62. The molecule has 29 heavy (non-hydrogen) atoms. The summed E-state index contributed by atoms with van der Waals surface area (Å²) in [5, 5.41) is 14.9. The van der Waals surface area contributed by atoms with E-state index in [1.165, 1.54) is 4.90 Å². The molecule has 0 aliphatic carbocycles. The van der Waals surface area contributed by atoms with Crippen LogP contribution in [-0.4, -0.2) is 60.6 Å². The van der Waals surface area contributed by atoms with E-state index in [4.69, 9.17) is 14.6 Å². The van der Waals surface area contributed by atoms with Crippen molar-refractivity contribution >= 4 is 23.5 Å². The van der Waals surface area contributed by atoms with Gasteiger partial charge in [-0.3, -0.25) is 0 Å². The van der Waals surface area contributed by atoms with Crippen molar-refractivity contribution in [1.82, 2.24) is 15.3 Å². The largest absolute Gasteiger partial charge is 0.494 e. The van der Waals surface area contributed by atoms with Crippen molar-refractivity contribution in [3.63, 3.8) is 0 Å². The number of hydrogen-bond acceptors (Lipinski definition) is 7. The summed E-state index contributed by atoms with van der Waals surface area (Å²) in [7, 11) is 1.62. The molecule has 0 saturated heterocycles. The Morgan fingerprint density at radius 2 is 2.03 bits per heavy atom. The number of aromatic nitrogens is 2. The summed E-state index contributed by atoms with van der Waals surface area (Å²) in [6.45, 7) is 5.27. The number of amides is 2. The fraction of sp³-hybridized carbons (Fsp3) is 0.450. The Balaban J connectivity index is 2.30. The van der Waals surface area contributed by atoms with Gasteiger partial charge in [0.25, 0.3) is 0 Å². The second kappa shape index (κ2) is 11.8. The molecular weight excluding hydrogens is 374 g/mol. The summed E-state index contributed by atoms with van der Waals surface area (Å²) < 4.78 is 10.6. The number of carbonyl (C=O) groups is 1. The van der Waals surface area contributed by atoms with Crippen molar-refractivity contribution in [1.29, 1.82) is 0 Å². The zero-order chi connectivity index (χ0) is 21.1. The Labute approximate surface area is 171 Å². The van der Waals surface area contributed by atoms with Crippen LogP contribution in [0.2, 0.25) is 0 Å². The van der Waals surface area contributed by atoms with E-state index in [-0.39, 0.29) is 18.7 Å². The van der Waals surface area contributed by atoms with E-state index in [0.717, 1.165) is 5.75 Å². The number of nitrogens with zero attached hydrogens (tertiary/aromatic N) is 3. The molecule has 9 nitrogen and oxygen atoms in total. The summed E-state index contributed by atoms with van der Waals surface area (Å²) in [5.41, 5.74) is 0.629. The molecular formula is C20H29N5O4. The van der Waals surface area contributed by atoms with Crippen LogP contribution in [0.4, 0.5) is 22.2 Å². The lowest BCUT2D eigenvalue weighted by Crippen LogP contribution is -2.38. The number of ether oxygens (including phenoxy) is 2. The number of methoxy groups -OCH3 is 1. The van der Waals surface area contributed by atoms with Crippen LogP contribution in [-0.2, 0) is 4.74 Å². The van der Waals surface area contributed by atoms with Crippen molar-refractivity contribution in [2.45, 2.75) is 26.3 Å². The predicted octanol–water partition coefficient (Wildman–Crippen LogP) is 2.55. The lowest BCUT2D eigenvalue weighted by Gasteiger charge is -2.23. The zero-order valence-electron chi connectivity index (χ0n) is 17.1. The molecule has 0 unspecified atom stereocenters. The Bertz CT molecular complexity index is 757. The standard InChI is InChI=1S/C20H29N5O4/c1-4-29-17-8-6-16(7-9-17)25(20(27)22-11-5-13-26)18-10-12-21-19(24-18)23-15(2)14-28-3/h6-10,12,15,26H,4-5,11,13-14H2,1-3H3,(H,22,27)(H,21,23,24)/t15-/m0/s1. The molecule has 0 fully saturated rings. The number of rotatable bonds is 11. The van der Waals surface area contributed by atoms with E-state index >= 15 is 0 Å². The van der Waals surface area contributed by atoms with Gasteiger partial charge in [-0.1, -0.05) is 0 Å². The third-order valence-electron chi connectivity index (χ3n) is 3.88. The normalized spacial score (nSPS) is 11.6. The van der Waals surface area contributed by atoms with Gasteiger partial charge in [-0.05, 0) is 44.5 Å². The molecule has 0 bridgehead atoms. The monoisotopic (exact) mass is 403 g/mol. The van der Waals surface area contributed by atoms with E-state index in [9.17, 15) is 4.79 Å². The molecule has 0 aliphatic heterocycles. The molecule has 2 amide bonds. The van der Waals surface area contributed by atoms with Crippen LogP contribution in [0.25, 0.3) is 0 Å². The zero-order valence-corrected chi connectivity index (χ0v) is 17.1. The number of nitrogens with one attached hydrogen (secondary N) is 2. The van der Waals surface area contributed by atoms with Gasteiger partial charge in [0.1, 0.15) is 11.6 Å². The number of benzene rings is 1. The van der Waals surface area contributed by atoms with Gasteiger partial charge in [0.15, 0.2) is 0 Å². The topological polar surface area (TPSA) is 109 Å². The van der Waals surface area contributed by atoms with E-state index in [1.807, 2.05) is 13.8 Å². The molecule has 0 spiro atoms. The number of aliphatic hydroxyl groups is 1. The SMILES string of the molecule is CCOc1ccc(N(C(=O)NCCCO)c2ccnc(N[C@@H](C)COC)n2)cc1. The highest BCUT2D eigenvalue weighted by molar-refractivity contribution is 5.98. The minimum atomic E-state index is -0.350. The van der Waals surface area contributed by atoms with Gasteiger partial charge in [0, 0.05) is 38.6 Å². The lowest BCUT2D eigenvalue weighted by molar-refractivity contribution is 0.190. The Kier molecular flexibility index (Phi) is 9.13.